The molecule has 2 aromatic carbocycles. The molecular formula is C46H53N7O12S2. The molecule has 0 saturated carbocycles. The number of thiophene rings is 1. The van der Waals surface area contributed by atoms with E-state index in [0.29, 0.717) is 52.4 Å². The normalized spacial score (nSPS) is 16.9. The third-order valence-corrected chi connectivity index (χ3v) is 14.8. The average molecular weight is 960 g/mol. The number of aromatic nitrogens is 1. The molecule has 5 heterocycles. The number of methoxy groups -OCH3 is 1. The minimum atomic E-state index is -3.04. The highest BCUT2D eigenvalue weighted by molar-refractivity contribution is 7.91. The van der Waals surface area contributed by atoms with Crippen LogP contribution in [0.3, 0.4) is 0 Å². The molecule has 3 aliphatic rings. The first kappa shape index (κ1) is 48.3. The van der Waals surface area contributed by atoms with Crippen LogP contribution in [0.25, 0.3) is 21.2 Å². The molecule has 2 saturated heterocycles. The molecule has 5 N–H and O–H groups in total. The van der Waals surface area contributed by atoms with Crippen LogP contribution in [0, 0.1) is 5.41 Å². The largest absolute Gasteiger partial charge is 0.493 e. The van der Waals surface area contributed by atoms with Crippen molar-refractivity contribution in [3.8, 4) is 28.4 Å². The number of amides is 6. The smallest absolute Gasteiger partial charge is 0.266 e. The number of unbranched alkanes of at least 4 members (excludes halogenated alkanes) is 5. The summed E-state index contributed by atoms with van der Waals surface area (Å²) in [4.78, 5) is 89.9. The quantitative estimate of drug-likeness (QED) is 0.0370. The summed E-state index contributed by atoms with van der Waals surface area (Å²) in [6, 6.07) is 10.2. The maximum atomic E-state index is 13.2. The van der Waals surface area contributed by atoms with Gasteiger partial charge in [0, 0.05) is 49.1 Å². The Bertz CT molecular complexity index is 2770. The van der Waals surface area contributed by atoms with Gasteiger partial charge in [0.15, 0.2) is 24.7 Å². The van der Waals surface area contributed by atoms with E-state index in [0.717, 1.165) is 54.6 Å². The lowest BCUT2D eigenvalue weighted by Gasteiger charge is -2.27. The van der Waals surface area contributed by atoms with Crippen molar-refractivity contribution in [2.75, 3.05) is 44.9 Å². The number of carbonyl (C=O) groups is 6. The van der Waals surface area contributed by atoms with Gasteiger partial charge in [0.25, 0.3) is 29.2 Å². The number of rotatable bonds is 20. The molecule has 0 spiro atoms. The summed E-state index contributed by atoms with van der Waals surface area (Å²) in [7, 11) is 0.114. The minimum absolute atomic E-state index is 0.00400. The van der Waals surface area contributed by atoms with E-state index in [1.807, 2.05) is 6.07 Å². The Kier molecular flexibility index (Phi) is 15.4. The highest BCUT2D eigenvalue weighted by Crippen LogP contribution is 2.38. The van der Waals surface area contributed by atoms with Crippen molar-refractivity contribution in [1.29, 1.82) is 5.41 Å². The van der Waals surface area contributed by atoms with E-state index in [9.17, 15) is 42.0 Å². The van der Waals surface area contributed by atoms with Gasteiger partial charge >= 0.3 is 0 Å². The summed E-state index contributed by atoms with van der Waals surface area (Å²) in [6.07, 6.45) is 7.78. The molecule has 3 aliphatic heterocycles. The average Bonchev–Trinajstić information content (AvgIpc) is 3.87. The highest BCUT2D eigenvalue weighted by Gasteiger charge is 2.46. The maximum Gasteiger partial charge on any atom is 0.266 e. The Labute approximate surface area is 390 Å². The van der Waals surface area contributed by atoms with Gasteiger partial charge in [-0.15, -0.1) is 11.3 Å². The van der Waals surface area contributed by atoms with Crippen molar-refractivity contribution in [3.63, 3.8) is 0 Å². The lowest BCUT2D eigenvalue weighted by Crippen LogP contribution is -2.54. The summed E-state index contributed by atoms with van der Waals surface area (Å²) in [5.74, 6) is -2.11. The van der Waals surface area contributed by atoms with Gasteiger partial charge in [-0.3, -0.25) is 49.2 Å². The molecule has 1 unspecified atom stereocenters. The number of aryl methyl sites for hydroxylation is 1. The predicted molar refractivity (Wildman–Crippen MR) is 249 cm³/mol. The SMILES string of the molecule is COc1cc(-c2cn(C)c(=O)c3cc(C(=N)NC4CCS(=O)(=O)CC4)sc23)ccc1OCC(=O)NCCCCCCCCNC(=O)COc1cccc2c1C(=O)N(C1CCC(=O)NC1=O)C2=O. The molecule has 6 amide bonds. The van der Waals surface area contributed by atoms with Crippen LogP contribution in [-0.2, 0) is 36.1 Å². The Morgan fingerprint density at radius 1 is 0.821 bits per heavy atom. The number of hydrogen-bond donors (Lipinski definition) is 5. The number of fused-ring (bicyclic) bond motifs is 2. The number of piperidine rings is 1. The molecule has 0 aliphatic carbocycles. The number of carbonyl (C=O) groups excluding carboxylic acids is 6. The van der Waals surface area contributed by atoms with Crippen molar-refractivity contribution in [2.45, 2.75) is 76.3 Å². The van der Waals surface area contributed by atoms with Crippen LogP contribution in [0.4, 0.5) is 0 Å². The molecule has 2 aromatic heterocycles. The van der Waals surface area contributed by atoms with Crippen molar-refractivity contribution in [2.24, 2.45) is 7.05 Å². The number of nitrogens with one attached hydrogen (secondary N) is 5. The van der Waals surface area contributed by atoms with Crippen LogP contribution in [0.15, 0.2) is 53.5 Å². The van der Waals surface area contributed by atoms with Gasteiger partial charge in [-0.25, -0.2) is 8.42 Å². The summed E-state index contributed by atoms with van der Waals surface area (Å²) < 4.78 is 43.0. The predicted octanol–water partition coefficient (Wildman–Crippen LogP) is 3.20. The lowest BCUT2D eigenvalue weighted by atomic mass is 10.0. The van der Waals surface area contributed by atoms with E-state index >= 15 is 0 Å². The number of nitrogens with zero attached hydrogens (tertiary/aromatic N) is 2. The van der Waals surface area contributed by atoms with Crippen molar-refractivity contribution in [3.05, 3.63) is 75.0 Å². The van der Waals surface area contributed by atoms with Gasteiger partial charge in [0.2, 0.25) is 11.8 Å². The maximum absolute atomic E-state index is 13.2. The van der Waals surface area contributed by atoms with E-state index in [1.54, 1.807) is 31.4 Å². The molecule has 19 nitrogen and oxygen atoms in total. The van der Waals surface area contributed by atoms with E-state index in [1.165, 1.54) is 41.2 Å². The summed E-state index contributed by atoms with van der Waals surface area (Å²) in [5, 5.41) is 20.1. The zero-order chi connectivity index (χ0) is 47.8. The fourth-order valence-corrected chi connectivity index (χ4v) is 10.8. The molecule has 21 heteroatoms. The van der Waals surface area contributed by atoms with Crippen molar-refractivity contribution >= 4 is 72.5 Å². The minimum Gasteiger partial charge on any atom is -0.493 e. The van der Waals surface area contributed by atoms with Gasteiger partial charge < -0.3 is 34.7 Å². The van der Waals surface area contributed by atoms with Gasteiger partial charge in [0.05, 0.1) is 40.0 Å². The van der Waals surface area contributed by atoms with Crippen molar-refractivity contribution in [1.82, 2.24) is 30.7 Å². The van der Waals surface area contributed by atoms with E-state index < -0.39 is 45.4 Å². The van der Waals surface area contributed by atoms with Crippen LogP contribution in [-0.4, -0.2) is 116 Å². The number of imide groups is 2. The fraction of sp³-hybridized carbons (Fsp3) is 0.435. The first-order valence-corrected chi connectivity index (χ1v) is 24.8. The van der Waals surface area contributed by atoms with Gasteiger partial charge in [0.1, 0.15) is 27.5 Å². The standard InChI is InChI=1S/C46H53N7O12S2/c1-52-24-31(41-30(44(52)58)23-36(66-41)42(47)50-28-16-20-67(61,62)21-17-28)27-12-14-33(35(22-27)63-2)64-25-38(55)48-18-7-5-3-4-6-8-19-49-39(56)26-65-34-11-9-10-29-40(34)46(60)53(45(29)59)32-13-15-37(54)51-43(32)57/h9-12,14,22-24,28,32H,3-8,13,15-21,25-26H2,1-2H3,(H2,47,50)(H,48,55)(H,49,56)(H,51,54,57). The molecule has 0 bridgehead atoms. The highest BCUT2D eigenvalue weighted by atomic mass is 32.2. The zero-order valence-corrected chi connectivity index (χ0v) is 38.8. The number of ether oxygens (including phenoxy) is 3. The van der Waals surface area contributed by atoms with E-state index in [4.69, 9.17) is 19.6 Å². The zero-order valence-electron chi connectivity index (χ0n) is 37.2. The molecule has 67 heavy (non-hydrogen) atoms. The molecule has 4 aromatic rings. The van der Waals surface area contributed by atoms with Crippen molar-refractivity contribution < 1.29 is 51.4 Å². The molecular weight excluding hydrogens is 907 g/mol. The summed E-state index contributed by atoms with van der Waals surface area (Å²) in [5.41, 5.74) is 1.32. The fourth-order valence-electron chi connectivity index (χ4n) is 8.25. The van der Waals surface area contributed by atoms with Crippen LogP contribution < -0.4 is 41.0 Å². The summed E-state index contributed by atoms with van der Waals surface area (Å²) >= 11 is 1.30. The van der Waals surface area contributed by atoms with Crippen LogP contribution >= 0.6 is 11.3 Å². The number of hydrogen-bond acceptors (Lipinski definition) is 14. The molecule has 1 atom stereocenters. The lowest BCUT2D eigenvalue weighted by molar-refractivity contribution is -0.136. The molecule has 7 rings (SSSR count). The molecule has 0 radical (unpaired) electrons. The van der Waals surface area contributed by atoms with Crippen LogP contribution in [0.5, 0.6) is 17.2 Å². The number of sulfone groups is 1. The second-order valence-corrected chi connectivity index (χ2v) is 20.0. The van der Waals surface area contributed by atoms with E-state index in [2.05, 4.69) is 21.3 Å². The second-order valence-electron chi connectivity index (χ2n) is 16.6. The monoisotopic (exact) mass is 959 g/mol. The number of amidine groups is 1. The van der Waals surface area contributed by atoms with Gasteiger partial charge in [-0.2, -0.15) is 0 Å². The number of benzene rings is 2. The summed E-state index contributed by atoms with van der Waals surface area (Å²) in [6.45, 7) is 0.312. The van der Waals surface area contributed by atoms with Gasteiger partial charge in [-0.05, 0) is 68.0 Å². The Balaban J connectivity index is 0.781. The topological polar surface area (TPSA) is 261 Å². The van der Waals surface area contributed by atoms with E-state index in [-0.39, 0.29) is 77.8 Å². The van der Waals surface area contributed by atoms with Crippen LogP contribution in [0.1, 0.15) is 89.8 Å². The Hall–Kier alpha value is -6.61. The van der Waals surface area contributed by atoms with Gasteiger partial charge in [-0.1, -0.05) is 37.8 Å². The Morgan fingerprint density at radius 3 is 2.13 bits per heavy atom. The first-order valence-electron chi connectivity index (χ1n) is 22.1. The third kappa shape index (κ3) is 11.5. The first-order chi connectivity index (χ1) is 32.1. The molecule has 2 fully saturated rings. The second kappa shape index (κ2) is 21.3. The van der Waals surface area contributed by atoms with Crippen LogP contribution in [0.2, 0.25) is 0 Å². The third-order valence-electron chi connectivity index (χ3n) is 11.9. The molecule has 356 valence electrons. The number of pyridine rings is 1. The Morgan fingerprint density at radius 2 is 1.48 bits per heavy atom.